The fourth-order valence-electron chi connectivity index (χ4n) is 2.81. The first-order valence-corrected chi connectivity index (χ1v) is 7.59. The van der Waals surface area contributed by atoms with Crippen LogP contribution in [0, 0.1) is 5.92 Å². The Balaban J connectivity index is 1.62. The normalized spacial score (nSPS) is 19.9. The smallest absolute Gasteiger partial charge is 0.119 e. The number of nitrogens with two attached hydrogens (primary N) is 1. The minimum atomic E-state index is 0.318. The van der Waals surface area contributed by atoms with Gasteiger partial charge in [0.15, 0.2) is 0 Å². The number of aliphatic hydroxyl groups excluding tert-OH is 1. The van der Waals surface area contributed by atoms with Crippen LogP contribution in [-0.4, -0.2) is 42.9 Å². The first-order valence-electron chi connectivity index (χ1n) is 7.59. The average Bonchev–Trinajstić information content (AvgIpc) is 2.46. The summed E-state index contributed by atoms with van der Waals surface area (Å²) in [5.74, 6) is 1.56. The number of benzene rings is 1. The van der Waals surface area contributed by atoms with Crippen LogP contribution in [0.4, 0.5) is 5.69 Å². The highest BCUT2D eigenvalue weighted by atomic mass is 16.5. The molecule has 3 N–H and O–H groups in total. The molecule has 1 aromatic carbocycles. The van der Waals surface area contributed by atoms with Gasteiger partial charge in [-0.3, -0.25) is 0 Å². The molecule has 0 saturated carbocycles. The van der Waals surface area contributed by atoms with Crippen molar-refractivity contribution in [2.24, 2.45) is 5.92 Å². The van der Waals surface area contributed by atoms with Crippen molar-refractivity contribution in [3.8, 4) is 5.75 Å². The van der Waals surface area contributed by atoms with Crippen molar-refractivity contribution in [2.45, 2.75) is 25.7 Å². The van der Waals surface area contributed by atoms with Gasteiger partial charge in [0.05, 0.1) is 6.61 Å². The van der Waals surface area contributed by atoms with E-state index in [1.807, 2.05) is 24.3 Å². The Hall–Kier alpha value is -1.26. The van der Waals surface area contributed by atoms with E-state index in [4.69, 9.17) is 15.6 Å². The molecule has 0 spiro atoms. The van der Waals surface area contributed by atoms with Crippen LogP contribution >= 0.6 is 0 Å². The van der Waals surface area contributed by atoms with Gasteiger partial charge in [-0.25, -0.2) is 0 Å². The number of likely N-dealkylation sites (tertiary alicyclic amines) is 1. The Bertz CT molecular complexity index is 379. The number of hydrogen-bond donors (Lipinski definition) is 2. The Morgan fingerprint density at radius 1 is 1.30 bits per heavy atom. The third-order valence-electron chi connectivity index (χ3n) is 3.91. The van der Waals surface area contributed by atoms with Gasteiger partial charge in [0, 0.05) is 25.4 Å². The minimum absolute atomic E-state index is 0.318. The number of nitrogens with zero attached hydrogens (tertiary/aromatic N) is 1. The number of aliphatic hydroxyl groups is 1. The van der Waals surface area contributed by atoms with Gasteiger partial charge in [0.25, 0.3) is 0 Å². The van der Waals surface area contributed by atoms with Gasteiger partial charge in [-0.15, -0.1) is 0 Å². The largest absolute Gasteiger partial charge is 0.494 e. The van der Waals surface area contributed by atoms with Crippen molar-refractivity contribution < 1.29 is 9.84 Å². The zero-order valence-corrected chi connectivity index (χ0v) is 12.1. The zero-order valence-electron chi connectivity index (χ0n) is 12.1. The van der Waals surface area contributed by atoms with E-state index in [0.29, 0.717) is 12.5 Å². The van der Waals surface area contributed by atoms with Crippen LogP contribution in [0.25, 0.3) is 0 Å². The van der Waals surface area contributed by atoms with E-state index in [1.54, 1.807) is 0 Å². The number of ether oxygens (including phenoxy) is 1. The maximum Gasteiger partial charge on any atom is 0.119 e. The Morgan fingerprint density at radius 3 is 2.85 bits per heavy atom. The third-order valence-corrected chi connectivity index (χ3v) is 3.91. The monoisotopic (exact) mass is 278 g/mol. The van der Waals surface area contributed by atoms with Crippen molar-refractivity contribution in [1.29, 1.82) is 0 Å². The van der Waals surface area contributed by atoms with E-state index < -0.39 is 0 Å². The van der Waals surface area contributed by atoms with Crippen LogP contribution in [0.3, 0.4) is 0 Å². The van der Waals surface area contributed by atoms with Crippen LogP contribution in [0.1, 0.15) is 25.7 Å². The van der Waals surface area contributed by atoms with Gasteiger partial charge in [0.1, 0.15) is 5.75 Å². The van der Waals surface area contributed by atoms with Crippen molar-refractivity contribution in [1.82, 2.24) is 4.90 Å². The summed E-state index contributed by atoms with van der Waals surface area (Å²) >= 11 is 0. The topological polar surface area (TPSA) is 58.7 Å². The lowest BCUT2D eigenvalue weighted by atomic mass is 9.95. The summed E-state index contributed by atoms with van der Waals surface area (Å²) in [5, 5.41) is 9.02. The predicted octanol–water partition coefficient (Wildman–Crippen LogP) is 2.13. The quantitative estimate of drug-likeness (QED) is 0.592. The molecule has 4 nitrogen and oxygen atoms in total. The van der Waals surface area contributed by atoms with Gasteiger partial charge in [-0.2, -0.15) is 0 Å². The molecule has 4 heteroatoms. The molecule has 0 amide bonds. The van der Waals surface area contributed by atoms with Crippen molar-refractivity contribution >= 4 is 5.69 Å². The van der Waals surface area contributed by atoms with Crippen molar-refractivity contribution in [3.05, 3.63) is 24.3 Å². The van der Waals surface area contributed by atoms with E-state index in [1.165, 1.54) is 19.4 Å². The van der Waals surface area contributed by atoms with Gasteiger partial charge in [-0.1, -0.05) is 0 Å². The summed E-state index contributed by atoms with van der Waals surface area (Å²) < 4.78 is 5.70. The minimum Gasteiger partial charge on any atom is -0.494 e. The lowest BCUT2D eigenvalue weighted by Gasteiger charge is -2.32. The van der Waals surface area contributed by atoms with Gasteiger partial charge < -0.3 is 20.5 Å². The summed E-state index contributed by atoms with van der Waals surface area (Å²) in [7, 11) is 0. The number of anilines is 1. The molecule has 1 unspecified atom stereocenters. The number of rotatable bonds is 7. The van der Waals surface area contributed by atoms with Crippen LogP contribution in [0.2, 0.25) is 0 Å². The summed E-state index contributed by atoms with van der Waals surface area (Å²) in [5.41, 5.74) is 6.40. The summed E-state index contributed by atoms with van der Waals surface area (Å²) in [6.07, 6.45) is 4.50. The molecular formula is C16H26N2O2. The predicted molar refractivity (Wildman–Crippen MR) is 81.8 cm³/mol. The molecule has 20 heavy (non-hydrogen) atoms. The van der Waals surface area contributed by atoms with Crippen molar-refractivity contribution in [3.63, 3.8) is 0 Å². The first kappa shape index (κ1) is 15.1. The molecule has 1 heterocycles. The molecule has 1 aromatic rings. The fraction of sp³-hybridized carbons (Fsp3) is 0.625. The molecule has 112 valence electrons. The molecule has 2 rings (SSSR count). The molecule has 1 atom stereocenters. The molecule has 1 aliphatic heterocycles. The molecule has 0 aliphatic carbocycles. The lowest BCUT2D eigenvalue weighted by molar-refractivity contribution is 0.140. The number of nitrogen functional groups attached to an aromatic ring is 1. The lowest BCUT2D eigenvalue weighted by Crippen LogP contribution is -2.36. The first-order chi connectivity index (χ1) is 9.78. The second-order valence-corrected chi connectivity index (χ2v) is 5.59. The highest BCUT2D eigenvalue weighted by molar-refractivity contribution is 5.41. The average molecular weight is 278 g/mol. The van der Waals surface area contributed by atoms with Crippen LogP contribution in [-0.2, 0) is 0 Å². The SMILES string of the molecule is Nc1ccc(OCCCN2CCCC(CCO)C2)cc1. The van der Waals surface area contributed by atoms with Crippen molar-refractivity contribution in [2.75, 3.05) is 38.6 Å². The van der Waals surface area contributed by atoms with E-state index in [-0.39, 0.29) is 0 Å². The molecule has 0 radical (unpaired) electrons. The fourth-order valence-corrected chi connectivity index (χ4v) is 2.81. The van der Waals surface area contributed by atoms with E-state index in [0.717, 1.165) is 44.0 Å². The standard InChI is InChI=1S/C16H26N2O2/c17-15-4-6-16(7-5-15)20-12-2-10-18-9-1-3-14(13-18)8-11-19/h4-7,14,19H,1-3,8-13,17H2. The highest BCUT2D eigenvalue weighted by Crippen LogP contribution is 2.19. The zero-order chi connectivity index (χ0) is 14.2. The third kappa shape index (κ3) is 5.02. The van der Waals surface area contributed by atoms with Gasteiger partial charge >= 0.3 is 0 Å². The van der Waals surface area contributed by atoms with Crippen LogP contribution in [0.5, 0.6) is 5.75 Å². The summed E-state index contributed by atoms with van der Waals surface area (Å²) in [6.45, 7) is 4.45. The Morgan fingerprint density at radius 2 is 2.10 bits per heavy atom. The summed E-state index contributed by atoms with van der Waals surface area (Å²) in [4.78, 5) is 2.50. The van der Waals surface area contributed by atoms with Crippen LogP contribution < -0.4 is 10.5 Å². The second-order valence-electron chi connectivity index (χ2n) is 5.59. The second kappa shape index (κ2) is 8.12. The molecular weight excluding hydrogens is 252 g/mol. The Labute approximate surface area is 121 Å². The number of hydrogen-bond acceptors (Lipinski definition) is 4. The molecule has 0 aromatic heterocycles. The Kier molecular flexibility index (Phi) is 6.15. The molecule has 1 fully saturated rings. The molecule has 0 bridgehead atoms. The summed E-state index contributed by atoms with van der Waals surface area (Å²) in [6, 6.07) is 7.54. The molecule has 1 saturated heterocycles. The van der Waals surface area contributed by atoms with Crippen LogP contribution in [0.15, 0.2) is 24.3 Å². The van der Waals surface area contributed by atoms with Gasteiger partial charge in [-0.05, 0) is 62.4 Å². The van der Waals surface area contributed by atoms with E-state index in [2.05, 4.69) is 4.90 Å². The van der Waals surface area contributed by atoms with Gasteiger partial charge in [0.2, 0.25) is 0 Å². The number of piperidine rings is 1. The molecule has 1 aliphatic rings. The maximum atomic E-state index is 9.02. The highest BCUT2D eigenvalue weighted by Gasteiger charge is 2.18. The van der Waals surface area contributed by atoms with E-state index >= 15 is 0 Å². The van der Waals surface area contributed by atoms with E-state index in [9.17, 15) is 0 Å². The maximum absolute atomic E-state index is 9.02.